The number of rotatable bonds is 9. The van der Waals surface area contributed by atoms with Gasteiger partial charge in [-0.2, -0.15) is 0 Å². The second-order valence-corrected chi connectivity index (χ2v) is 8.49. The molecule has 5 nitrogen and oxygen atoms in total. The second kappa shape index (κ2) is 8.46. The maximum Gasteiger partial charge on any atom is 0.500 e. The summed E-state index contributed by atoms with van der Waals surface area (Å²) in [5.41, 5.74) is 0. The summed E-state index contributed by atoms with van der Waals surface area (Å²) in [7, 11) is 2.40. The van der Waals surface area contributed by atoms with Gasteiger partial charge in [0, 0.05) is 39.7 Å². The average Bonchev–Trinajstić information content (AvgIpc) is 2.80. The third-order valence-corrected chi connectivity index (χ3v) is 6.81. The van der Waals surface area contributed by atoms with Crippen LogP contribution >= 0.6 is 24.0 Å². The third kappa shape index (κ3) is 5.12. The average molecular weight is 312 g/mol. The molecule has 0 aromatic carbocycles. The Morgan fingerprint density at radius 1 is 1.33 bits per heavy atom. The van der Waals surface area contributed by atoms with Gasteiger partial charge in [-0.1, -0.05) is 11.8 Å². The molecule has 18 heavy (non-hydrogen) atoms. The molecule has 1 aliphatic heterocycles. The molecule has 0 aromatic rings. The van der Waals surface area contributed by atoms with Gasteiger partial charge in [0.25, 0.3) is 0 Å². The summed E-state index contributed by atoms with van der Waals surface area (Å²) < 4.78 is 27.5. The minimum absolute atomic E-state index is 0.0942. The molecule has 0 aromatic heterocycles. The number of thioether (sulfide) groups is 1. The monoisotopic (exact) mass is 312 g/mol. The van der Waals surface area contributed by atoms with E-state index in [9.17, 15) is 0 Å². The van der Waals surface area contributed by atoms with Crippen molar-refractivity contribution in [2.24, 2.45) is 0 Å². The highest BCUT2D eigenvalue weighted by atomic mass is 32.2. The quantitative estimate of drug-likeness (QED) is 0.365. The lowest BCUT2D eigenvalue weighted by atomic mass is 10.4. The van der Waals surface area contributed by atoms with Crippen molar-refractivity contribution >= 4 is 37.2 Å². The lowest BCUT2D eigenvalue weighted by Crippen LogP contribution is -2.42. The first-order valence-electron chi connectivity index (χ1n) is 5.72. The number of thiocarbonyl (C=S) groups is 1. The molecule has 1 fully saturated rings. The Bertz CT molecular complexity index is 254. The Kier molecular flexibility index (Phi) is 7.69. The lowest BCUT2D eigenvalue weighted by Gasteiger charge is -2.24. The van der Waals surface area contributed by atoms with E-state index in [0.717, 1.165) is 18.2 Å². The van der Waals surface area contributed by atoms with E-state index in [1.807, 2.05) is 0 Å². The molecule has 0 N–H and O–H groups in total. The van der Waals surface area contributed by atoms with Crippen LogP contribution in [0.4, 0.5) is 0 Å². The summed E-state index contributed by atoms with van der Waals surface area (Å²) in [6.45, 7) is 1.22. The molecule has 106 valence electrons. The zero-order valence-corrected chi connectivity index (χ0v) is 13.6. The van der Waals surface area contributed by atoms with Crippen molar-refractivity contribution in [3.63, 3.8) is 0 Å². The molecule has 0 aliphatic carbocycles. The summed E-state index contributed by atoms with van der Waals surface area (Å²) in [6.07, 6.45) is 0.934. The van der Waals surface area contributed by atoms with E-state index in [1.54, 1.807) is 33.1 Å². The molecule has 1 saturated heterocycles. The van der Waals surface area contributed by atoms with Crippen LogP contribution in [-0.4, -0.2) is 59.6 Å². The molecule has 0 radical (unpaired) electrons. The van der Waals surface area contributed by atoms with Crippen LogP contribution in [0.2, 0.25) is 6.04 Å². The first-order valence-corrected chi connectivity index (χ1v) is 9.05. The Hall–Kier alpha value is 0.297. The summed E-state index contributed by atoms with van der Waals surface area (Å²) in [5, 5.41) is 0. The van der Waals surface area contributed by atoms with Crippen molar-refractivity contribution in [1.82, 2.24) is 0 Å². The fourth-order valence-electron chi connectivity index (χ4n) is 1.61. The van der Waals surface area contributed by atoms with Gasteiger partial charge in [-0.25, -0.2) is 0 Å². The largest absolute Gasteiger partial charge is 0.500 e. The smallest absolute Gasteiger partial charge is 0.472 e. The van der Waals surface area contributed by atoms with Crippen LogP contribution in [0.25, 0.3) is 0 Å². The molecule has 1 heterocycles. The molecule has 1 unspecified atom stereocenters. The molecule has 8 heteroatoms. The van der Waals surface area contributed by atoms with Gasteiger partial charge >= 0.3 is 8.80 Å². The molecular formula is C10H20O5S2Si. The number of hydrogen-bond acceptors (Lipinski definition) is 7. The standard InChI is InChI=1S/C10H20O5S2Si/c1-11-18(12-2,13-3)6-4-5-14-7-9-8-17-10(16)15-9/h9H,4-8H2,1-3H3. The molecule has 0 amide bonds. The number of hydrogen-bond donors (Lipinski definition) is 0. The van der Waals surface area contributed by atoms with Crippen molar-refractivity contribution in [1.29, 1.82) is 0 Å². The van der Waals surface area contributed by atoms with Gasteiger partial charge in [-0.3, -0.25) is 0 Å². The van der Waals surface area contributed by atoms with Gasteiger partial charge in [0.15, 0.2) is 0 Å². The van der Waals surface area contributed by atoms with E-state index >= 15 is 0 Å². The van der Waals surface area contributed by atoms with E-state index in [4.69, 9.17) is 35.0 Å². The highest BCUT2D eigenvalue weighted by molar-refractivity contribution is 8.22. The highest BCUT2D eigenvalue weighted by Gasteiger charge is 2.36. The first-order chi connectivity index (χ1) is 8.65. The zero-order chi connectivity index (χ0) is 13.4. The molecule has 1 rings (SSSR count). The zero-order valence-electron chi connectivity index (χ0n) is 11.0. The van der Waals surface area contributed by atoms with Gasteiger partial charge < -0.3 is 22.8 Å². The fourth-order valence-corrected chi connectivity index (χ4v) is 4.33. The summed E-state index contributed by atoms with van der Waals surface area (Å²) >= 11 is 6.50. The topological polar surface area (TPSA) is 46.2 Å². The Morgan fingerprint density at radius 2 is 2.00 bits per heavy atom. The summed E-state index contributed by atoms with van der Waals surface area (Å²) in [4.78, 5) is 0. The van der Waals surface area contributed by atoms with Crippen LogP contribution in [0.15, 0.2) is 0 Å². The number of ether oxygens (including phenoxy) is 2. The van der Waals surface area contributed by atoms with Crippen LogP contribution in [0.3, 0.4) is 0 Å². The van der Waals surface area contributed by atoms with Gasteiger partial charge in [-0.15, -0.1) is 0 Å². The normalized spacial score (nSPS) is 20.2. The molecule has 0 bridgehead atoms. The molecule has 1 aliphatic rings. The first kappa shape index (κ1) is 16.4. The van der Waals surface area contributed by atoms with Crippen LogP contribution < -0.4 is 0 Å². The van der Waals surface area contributed by atoms with E-state index < -0.39 is 8.80 Å². The fraction of sp³-hybridized carbons (Fsp3) is 0.900. The maximum absolute atomic E-state index is 5.55. The van der Waals surface area contributed by atoms with E-state index in [1.165, 1.54) is 0 Å². The second-order valence-electron chi connectivity index (χ2n) is 3.77. The molecular weight excluding hydrogens is 292 g/mol. The van der Waals surface area contributed by atoms with Crippen molar-refractivity contribution in [3.05, 3.63) is 0 Å². The third-order valence-electron chi connectivity index (χ3n) is 2.66. The lowest BCUT2D eigenvalue weighted by molar-refractivity contribution is 0.0587. The van der Waals surface area contributed by atoms with E-state index in [2.05, 4.69) is 0 Å². The van der Waals surface area contributed by atoms with E-state index in [-0.39, 0.29) is 6.10 Å². The Labute approximate surface area is 119 Å². The van der Waals surface area contributed by atoms with Crippen LogP contribution in [0.5, 0.6) is 0 Å². The minimum Gasteiger partial charge on any atom is -0.472 e. The van der Waals surface area contributed by atoms with Crippen molar-refractivity contribution in [2.75, 3.05) is 40.3 Å². The molecule has 1 atom stereocenters. The molecule has 0 spiro atoms. The van der Waals surface area contributed by atoms with Gasteiger partial charge in [0.1, 0.15) is 6.10 Å². The van der Waals surface area contributed by atoms with Crippen molar-refractivity contribution in [3.8, 4) is 0 Å². The van der Waals surface area contributed by atoms with Crippen molar-refractivity contribution < 1.29 is 22.8 Å². The Morgan fingerprint density at radius 3 is 2.50 bits per heavy atom. The minimum atomic E-state index is -2.45. The SMILES string of the molecule is CO[Si](CCCOCC1CSC(=S)O1)(OC)OC. The van der Waals surface area contributed by atoms with Crippen LogP contribution in [0.1, 0.15) is 6.42 Å². The highest BCUT2D eigenvalue weighted by Crippen LogP contribution is 2.20. The predicted molar refractivity (Wildman–Crippen MR) is 77.0 cm³/mol. The van der Waals surface area contributed by atoms with Gasteiger partial charge in [0.2, 0.25) is 4.38 Å². The van der Waals surface area contributed by atoms with Crippen LogP contribution in [0, 0.1) is 0 Å². The Balaban J connectivity index is 2.09. The maximum atomic E-state index is 5.55. The van der Waals surface area contributed by atoms with Gasteiger partial charge in [-0.05, 0) is 18.6 Å². The summed E-state index contributed by atoms with van der Waals surface area (Å²) in [5.74, 6) is 0.881. The predicted octanol–water partition coefficient (Wildman–Crippen LogP) is 1.69. The van der Waals surface area contributed by atoms with Gasteiger partial charge in [0.05, 0.1) is 6.61 Å². The van der Waals surface area contributed by atoms with Crippen LogP contribution in [-0.2, 0) is 22.8 Å². The van der Waals surface area contributed by atoms with E-state index in [0.29, 0.717) is 17.6 Å². The molecule has 0 saturated carbocycles. The van der Waals surface area contributed by atoms with Crippen molar-refractivity contribution in [2.45, 2.75) is 18.6 Å². The summed E-state index contributed by atoms with van der Waals surface area (Å²) in [6, 6.07) is 0.745.